The fourth-order valence-electron chi connectivity index (χ4n) is 1.16. The smallest absolute Gasteiger partial charge is 0.399 e. The van der Waals surface area contributed by atoms with Crippen molar-refractivity contribution in [3.05, 3.63) is 29.8 Å². The zero-order valence-corrected chi connectivity index (χ0v) is 6.92. The molecule has 1 aliphatic rings. The van der Waals surface area contributed by atoms with E-state index in [9.17, 15) is 13.2 Å². The van der Waals surface area contributed by atoms with Crippen LogP contribution in [0.5, 0.6) is 0 Å². The van der Waals surface area contributed by atoms with Crippen molar-refractivity contribution in [1.82, 2.24) is 0 Å². The number of halogens is 3. The van der Waals surface area contributed by atoms with Gasteiger partial charge in [-0.15, -0.1) is 10.2 Å². The van der Waals surface area contributed by atoms with E-state index in [1.165, 1.54) is 24.3 Å². The fourth-order valence-corrected chi connectivity index (χ4v) is 1.16. The first-order valence-corrected chi connectivity index (χ1v) is 3.82. The van der Waals surface area contributed by atoms with Gasteiger partial charge >= 0.3 is 11.8 Å². The molecule has 0 aliphatic carbocycles. The van der Waals surface area contributed by atoms with Crippen molar-refractivity contribution < 1.29 is 13.2 Å². The minimum atomic E-state index is -4.47. The topological polar surface area (TPSA) is 50.7 Å². The summed E-state index contributed by atoms with van der Waals surface area (Å²) in [5.41, 5.74) is 3.43. The Morgan fingerprint density at radius 1 is 1.07 bits per heavy atom. The lowest BCUT2D eigenvalue weighted by atomic mass is 10.0. The molecule has 74 valence electrons. The highest BCUT2D eigenvalue weighted by Crippen LogP contribution is 2.52. The lowest BCUT2D eigenvalue weighted by Gasteiger charge is -2.14. The summed E-state index contributed by atoms with van der Waals surface area (Å²) in [5, 5.41) is 6.13. The van der Waals surface area contributed by atoms with E-state index in [2.05, 4.69) is 10.2 Å². The van der Waals surface area contributed by atoms with Gasteiger partial charge in [0.05, 0.1) is 0 Å². The molecule has 1 aromatic rings. The molecule has 3 nitrogen and oxygen atoms in total. The van der Waals surface area contributed by atoms with Crippen molar-refractivity contribution in [3.8, 4) is 0 Å². The Morgan fingerprint density at radius 2 is 1.57 bits per heavy atom. The Bertz CT molecular complexity index is 374. The summed E-state index contributed by atoms with van der Waals surface area (Å²) in [7, 11) is 0. The number of hydrogen-bond donors (Lipinski definition) is 1. The Morgan fingerprint density at radius 3 is 1.93 bits per heavy atom. The molecule has 0 atom stereocenters. The number of benzene rings is 1. The SMILES string of the molecule is Nc1ccc(C2(C(F)(F)F)N=N2)cc1. The van der Waals surface area contributed by atoms with Crippen molar-refractivity contribution in [3.63, 3.8) is 0 Å². The zero-order valence-electron chi connectivity index (χ0n) is 6.92. The van der Waals surface area contributed by atoms with Crippen molar-refractivity contribution in [2.45, 2.75) is 11.8 Å². The highest BCUT2D eigenvalue weighted by molar-refractivity contribution is 5.42. The molecule has 14 heavy (non-hydrogen) atoms. The third-order valence-corrected chi connectivity index (χ3v) is 2.01. The van der Waals surface area contributed by atoms with Crippen molar-refractivity contribution in [2.75, 3.05) is 5.73 Å². The van der Waals surface area contributed by atoms with E-state index in [0.717, 1.165) is 0 Å². The van der Waals surface area contributed by atoms with Crippen LogP contribution >= 0.6 is 0 Å². The van der Waals surface area contributed by atoms with Crippen molar-refractivity contribution in [1.29, 1.82) is 0 Å². The van der Waals surface area contributed by atoms with Crippen LogP contribution in [0.4, 0.5) is 18.9 Å². The number of nitrogen functional groups attached to an aromatic ring is 1. The lowest BCUT2D eigenvalue weighted by Crippen LogP contribution is -2.29. The van der Waals surface area contributed by atoms with E-state index in [-0.39, 0.29) is 5.56 Å². The van der Waals surface area contributed by atoms with Crippen LogP contribution in [0.25, 0.3) is 0 Å². The van der Waals surface area contributed by atoms with Crippen molar-refractivity contribution in [2.24, 2.45) is 10.2 Å². The van der Waals surface area contributed by atoms with Gasteiger partial charge in [0.1, 0.15) is 0 Å². The minimum Gasteiger partial charge on any atom is -0.399 e. The molecule has 0 saturated carbocycles. The quantitative estimate of drug-likeness (QED) is 0.697. The van der Waals surface area contributed by atoms with Crippen molar-refractivity contribution >= 4 is 5.69 Å². The number of anilines is 1. The molecule has 0 radical (unpaired) electrons. The molecule has 1 heterocycles. The van der Waals surface area contributed by atoms with Crippen LogP contribution in [0, 0.1) is 0 Å². The molecule has 0 fully saturated rings. The second-order valence-corrected chi connectivity index (χ2v) is 2.99. The van der Waals surface area contributed by atoms with Gasteiger partial charge in [-0.2, -0.15) is 13.2 Å². The molecule has 0 saturated heterocycles. The van der Waals surface area contributed by atoms with E-state index in [0.29, 0.717) is 5.69 Å². The van der Waals surface area contributed by atoms with E-state index in [4.69, 9.17) is 5.73 Å². The molecular weight excluding hydrogens is 195 g/mol. The Labute approximate surface area is 77.4 Å². The molecule has 2 N–H and O–H groups in total. The highest BCUT2D eigenvalue weighted by Gasteiger charge is 2.65. The molecule has 2 rings (SSSR count). The van der Waals surface area contributed by atoms with Crippen LogP contribution in [0.1, 0.15) is 5.56 Å². The van der Waals surface area contributed by atoms with Gasteiger partial charge in [-0.05, 0) is 12.1 Å². The maximum absolute atomic E-state index is 12.5. The summed E-state index contributed by atoms with van der Waals surface area (Å²) in [4.78, 5) is 0. The standard InChI is InChI=1S/C8H6F3N3/c9-8(10,11)7(13-14-7)5-1-3-6(12)4-2-5/h1-4H,12H2. The monoisotopic (exact) mass is 201 g/mol. The lowest BCUT2D eigenvalue weighted by molar-refractivity contribution is -0.166. The van der Waals surface area contributed by atoms with E-state index >= 15 is 0 Å². The predicted molar refractivity (Wildman–Crippen MR) is 43.4 cm³/mol. The maximum atomic E-state index is 12.5. The van der Waals surface area contributed by atoms with Crippen LogP contribution in [-0.4, -0.2) is 6.18 Å². The molecule has 0 spiro atoms. The predicted octanol–water partition coefficient (Wildman–Crippen LogP) is 2.45. The summed E-state index contributed by atoms with van der Waals surface area (Å²) < 4.78 is 37.4. The summed E-state index contributed by atoms with van der Waals surface area (Å²) in [6, 6.07) is 5.35. The second-order valence-electron chi connectivity index (χ2n) is 2.99. The molecule has 0 unspecified atom stereocenters. The minimum absolute atomic E-state index is 0.000741. The number of nitrogens with two attached hydrogens (primary N) is 1. The summed E-state index contributed by atoms with van der Waals surface area (Å²) in [6.07, 6.45) is -4.47. The van der Waals surface area contributed by atoms with Gasteiger partial charge in [-0.3, -0.25) is 0 Å². The summed E-state index contributed by atoms with van der Waals surface area (Å²) in [5.74, 6) is 0. The molecular formula is C8H6F3N3. The van der Waals surface area contributed by atoms with Gasteiger partial charge in [-0.25, -0.2) is 0 Å². The Balaban J connectivity index is 2.37. The third-order valence-electron chi connectivity index (χ3n) is 2.01. The Hall–Kier alpha value is -1.59. The van der Waals surface area contributed by atoms with Crippen LogP contribution in [0.3, 0.4) is 0 Å². The molecule has 6 heteroatoms. The number of alkyl halides is 3. The van der Waals surface area contributed by atoms with Crippen LogP contribution in [0.15, 0.2) is 34.5 Å². The summed E-state index contributed by atoms with van der Waals surface area (Å²) in [6.45, 7) is 0. The molecule has 1 aromatic carbocycles. The molecule has 0 bridgehead atoms. The number of rotatable bonds is 1. The first-order chi connectivity index (χ1) is 6.46. The Kier molecular flexibility index (Phi) is 1.58. The van der Waals surface area contributed by atoms with E-state index in [1.807, 2.05) is 0 Å². The first-order valence-electron chi connectivity index (χ1n) is 3.82. The van der Waals surface area contributed by atoms with E-state index in [1.54, 1.807) is 0 Å². The second kappa shape index (κ2) is 2.46. The van der Waals surface area contributed by atoms with E-state index < -0.39 is 11.8 Å². The largest absolute Gasteiger partial charge is 0.442 e. The van der Waals surface area contributed by atoms with Gasteiger partial charge in [-0.1, -0.05) is 12.1 Å². The number of hydrogen-bond acceptors (Lipinski definition) is 3. The molecule has 1 aliphatic heterocycles. The van der Waals surface area contributed by atoms with Crippen LogP contribution in [0.2, 0.25) is 0 Å². The van der Waals surface area contributed by atoms with Gasteiger partial charge < -0.3 is 5.73 Å². The maximum Gasteiger partial charge on any atom is 0.442 e. The molecule has 0 amide bonds. The zero-order chi connectivity index (χ0) is 10.4. The normalized spacial score (nSPS) is 18.2. The van der Waals surface area contributed by atoms with Gasteiger partial charge in [0.15, 0.2) is 0 Å². The molecule has 0 aromatic heterocycles. The van der Waals surface area contributed by atoms with Gasteiger partial charge in [0.25, 0.3) is 0 Å². The number of nitrogens with zero attached hydrogens (tertiary/aromatic N) is 2. The average molecular weight is 201 g/mol. The third kappa shape index (κ3) is 1.14. The average Bonchev–Trinajstić information content (AvgIpc) is 2.84. The van der Waals surface area contributed by atoms with Gasteiger partial charge in [0, 0.05) is 11.3 Å². The first kappa shape index (κ1) is 8.98. The summed E-state index contributed by atoms with van der Waals surface area (Å²) >= 11 is 0. The fraction of sp³-hybridized carbons (Fsp3) is 0.250. The van der Waals surface area contributed by atoms with Crippen LogP contribution in [-0.2, 0) is 5.66 Å². The highest BCUT2D eigenvalue weighted by atomic mass is 19.4. The van der Waals surface area contributed by atoms with Crippen LogP contribution < -0.4 is 5.73 Å². The van der Waals surface area contributed by atoms with Gasteiger partial charge in [0.2, 0.25) is 0 Å².